The SMILES string of the molecule is COc1ccccc1NC(=O)COc1cccc(C=NNC(=O)c2ccc(C)cc2)c1. The van der Waals surface area contributed by atoms with Crippen molar-refractivity contribution in [3.8, 4) is 11.5 Å². The zero-order valence-corrected chi connectivity index (χ0v) is 17.3. The molecular formula is C24H23N3O4. The highest BCUT2D eigenvalue weighted by Crippen LogP contribution is 2.23. The molecule has 0 aliphatic carbocycles. The number of hydrogen-bond acceptors (Lipinski definition) is 5. The summed E-state index contributed by atoms with van der Waals surface area (Å²) in [6, 6.07) is 21.4. The molecule has 0 atom stereocenters. The van der Waals surface area contributed by atoms with Crippen LogP contribution < -0.4 is 20.2 Å². The van der Waals surface area contributed by atoms with Crippen molar-refractivity contribution < 1.29 is 19.1 Å². The Bertz CT molecular complexity index is 1080. The van der Waals surface area contributed by atoms with Gasteiger partial charge in [0.2, 0.25) is 0 Å². The first kappa shape index (κ1) is 21.6. The summed E-state index contributed by atoms with van der Waals surface area (Å²) in [5, 5.41) is 6.73. The second kappa shape index (κ2) is 10.6. The van der Waals surface area contributed by atoms with Gasteiger partial charge in [0.1, 0.15) is 11.5 Å². The van der Waals surface area contributed by atoms with Crippen molar-refractivity contribution in [3.63, 3.8) is 0 Å². The molecule has 0 unspecified atom stereocenters. The van der Waals surface area contributed by atoms with Gasteiger partial charge in [0.05, 0.1) is 19.0 Å². The quantitative estimate of drug-likeness (QED) is 0.431. The van der Waals surface area contributed by atoms with Crippen LogP contribution in [0.3, 0.4) is 0 Å². The number of benzene rings is 3. The molecule has 0 saturated heterocycles. The molecule has 7 nitrogen and oxygen atoms in total. The van der Waals surface area contributed by atoms with Crippen molar-refractivity contribution >= 4 is 23.7 Å². The molecule has 0 heterocycles. The van der Waals surface area contributed by atoms with Crippen molar-refractivity contribution in [2.75, 3.05) is 19.0 Å². The molecule has 2 N–H and O–H groups in total. The molecule has 0 spiro atoms. The Morgan fingerprint density at radius 2 is 1.77 bits per heavy atom. The van der Waals surface area contributed by atoms with E-state index in [0.29, 0.717) is 28.3 Å². The van der Waals surface area contributed by atoms with Crippen molar-refractivity contribution in [1.82, 2.24) is 5.43 Å². The van der Waals surface area contributed by atoms with E-state index >= 15 is 0 Å². The first-order chi connectivity index (χ1) is 15.0. The van der Waals surface area contributed by atoms with Gasteiger partial charge in [-0.15, -0.1) is 0 Å². The van der Waals surface area contributed by atoms with Gasteiger partial charge < -0.3 is 14.8 Å². The molecule has 0 bridgehead atoms. The predicted octanol–water partition coefficient (Wildman–Crippen LogP) is 3.79. The van der Waals surface area contributed by atoms with Crippen LogP contribution in [0.4, 0.5) is 5.69 Å². The Hall–Kier alpha value is -4.13. The fraction of sp³-hybridized carbons (Fsp3) is 0.125. The van der Waals surface area contributed by atoms with Crippen LogP contribution in [0.2, 0.25) is 0 Å². The first-order valence-electron chi connectivity index (χ1n) is 9.61. The van der Waals surface area contributed by atoms with Gasteiger partial charge in [0, 0.05) is 5.56 Å². The van der Waals surface area contributed by atoms with E-state index in [1.165, 1.54) is 13.3 Å². The van der Waals surface area contributed by atoms with E-state index in [9.17, 15) is 9.59 Å². The summed E-state index contributed by atoms with van der Waals surface area (Å²) >= 11 is 0. The van der Waals surface area contributed by atoms with Gasteiger partial charge in [-0.3, -0.25) is 9.59 Å². The van der Waals surface area contributed by atoms with Crippen LogP contribution in [0, 0.1) is 6.92 Å². The van der Waals surface area contributed by atoms with Gasteiger partial charge in [-0.25, -0.2) is 5.43 Å². The van der Waals surface area contributed by atoms with Crippen molar-refractivity contribution in [3.05, 3.63) is 89.5 Å². The maximum Gasteiger partial charge on any atom is 0.271 e. The lowest BCUT2D eigenvalue weighted by atomic mass is 10.1. The number of nitrogens with one attached hydrogen (secondary N) is 2. The number of carbonyl (C=O) groups excluding carboxylic acids is 2. The predicted molar refractivity (Wildman–Crippen MR) is 120 cm³/mol. The molecule has 0 aromatic heterocycles. The largest absolute Gasteiger partial charge is 0.495 e. The number of rotatable bonds is 8. The molecule has 3 aromatic carbocycles. The second-order valence-electron chi connectivity index (χ2n) is 6.67. The molecule has 0 aliphatic rings. The summed E-state index contributed by atoms with van der Waals surface area (Å²) in [5.41, 5.74) is 5.38. The molecular weight excluding hydrogens is 394 g/mol. The zero-order chi connectivity index (χ0) is 22.1. The monoisotopic (exact) mass is 417 g/mol. The Labute approximate surface area is 180 Å². The summed E-state index contributed by atoms with van der Waals surface area (Å²) < 4.78 is 10.8. The van der Waals surface area contributed by atoms with Crippen LogP contribution >= 0.6 is 0 Å². The van der Waals surface area contributed by atoms with Gasteiger partial charge >= 0.3 is 0 Å². The minimum atomic E-state index is -0.311. The number of nitrogens with zero attached hydrogens (tertiary/aromatic N) is 1. The van der Waals surface area contributed by atoms with Gasteiger partial charge in [0.25, 0.3) is 11.8 Å². The summed E-state index contributed by atoms with van der Waals surface area (Å²) in [7, 11) is 1.54. The van der Waals surface area contributed by atoms with E-state index < -0.39 is 0 Å². The van der Waals surface area contributed by atoms with Crippen LogP contribution in [0.5, 0.6) is 11.5 Å². The van der Waals surface area contributed by atoms with E-state index in [2.05, 4.69) is 15.8 Å². The standard InChI is InChI=1S/C24H23N3O4/c1-17-10-12-19(13-11-17)24(29)27-25-15-18-6-5-7-20(14-18)31-16-23(28)26-21-8-3-4-9-22(21)30-2/h3-15H,16H2,1-2H3,(H,26,28)(H,27,29). The Morgan fingerprint density at radius 1 is 1.00 bits per heavy atom. The highest BCUT2D eigenvalue weighted by Gasteiger charge is 2.08. The number of para-hydroxylation sites is 2. The van der Waals surface area contributed by atoms with Crippen LogP contribution in [0.15, 0.2) is 77.9 Å². The van der Waals surface area contributed by atoms with Gasteiger partial charge in [0.15, 0.2) is 6.61 Å². The maximum absolute atomic E-state index is 12.2. The number of amides is 2. The van der Waals surface area contributed by atoms with Crippen LogP contribution in [-0.2, 0) is 4.79 Å². The number of anilines is 1. The minimum absolute atomic E-state index is 0.164. The summed E-state index contributed by atoms with van der Waals surface area (Å²) in [4.78, 5) is 24.3. The molecule has 31 heavy (non-hydrogen) atoms. The van der Waals surface area contributed by atoms with Crippen LogP contribution in [-0.4, -0.2) is 31.7 Å². The Kier molecular flexibility index (Phi) is 7.37. The fourth-order valence-electron chi connectivity index (χ4n) is 2.70. The molecule has 0 aliphatic heterocycles. The maximum atomic E-state index is 12.2. The van der Waals surface area contributed by atoms with E-state index in [1.54, 1.807) is 48.5 Å². The van der Waals surface area contributed by atoms with Gasteiger partial charge in [-0.2, -0.15) is 5.10 Å². The summed E-state index contributed by atoms with van der Waals surface area (Å²) in [5.74, 6) is 0.469. The molecule has 0 radical (unpaired) electrons. The number of methoxy groups -OCH3 is 1. The third-order valence-electron chi connectivity index (χ3n) is 4.30. The third-order valence-corrected chi connectivity index (χ3v) is 4.30. The molecule has 158 valence electrons. The normalized spacial score (nSPS) is 10.5. The van der Waals surface area contributed by atoms with E-state index in [1.807, 2.05) is 31.2 Å². The lowest BCUT2D eigenvalue weighted by molar-refractivity contribution is -0.118. The van der Waals surface area contributed by atoms with Crippen LogP contribution in [0.1, 0.15) is 21.5 Å². The molecule has 7 heteroatoms. The topological polar surface area (TPSA) is 89.0 Å². The van der Waals surface area contributed by atoms with Crippen LogP contribution in [0.25, 0.3) is 0 Å². The molecule has 0 saturated carbocycles. The second-order valence-corrected chi connectivity index (χ2v) is 6.67. The third kappa shape index (κ3) is 6.43. The minimum Gasteiger partial charge on any atom is -0.495 e. The zero-order valence-electron chi connectivity index (χ0n) is 17.3. The smallest absolute Gasteiger partial charge is 0.271 e. The van der Waals surface area contributed by atoms with Crippen molar-refractivity contribution in [2.45, 2.75) is 6.92 Å². The molecule has 0 fully saturated rings. The Balaban J connectivity index is 1.52. The highest BCUT2D eigenvalue weighted by atomic mass is 16.5. The fourth-order valence-corrected chi connectivity index (χ4v) is 2.70. The average Bonchev–Trinajstić information content (AvgIpc) is 2.79. The molecule has 3 rings (SSSR count). The van der Waals surface area contributed by atoms with E-state index in [4.69, 9.17) is 9.47 Å². The number of hydrogen-bond donors (Lipinski definition) is 2. The average molecular weight is 417 g/mol. The molecule has 3 aromatic rings. The number of carbonyl (C=O) groups is 2. The number of ether oxygens (including phenoxy) is 2. The highest BCUT2D eigenvalue weighted by molar-refractivity contribution is 5.95. The van der Waals surface area contributed by atoms with Crippen molar-refractivity contribution in [2.24, 2.45) is 5.10 Å². The number of hydrazone groups is 1. The summed E-state index contributed by atoms with van der Waals surface area (Å²) in [6.07, 6.45) is 1.51. The lowest BCUT2D eigenvalue weighted by Crippen LogP contribution is -2.20. The lowest BCUT2D eigenvalue weighted by Gasteiger charge is -2.10. The van der Waals surface area contributed by atoms with Crippen molar-refractivity contribution in [1.29, 1.82) is 0 Å². The Morgan fingerprint density at radius 3 is 2.55 bits per heavy atom. The van der Waals surface area contributed by atoms with Gasteiger partial charge in [-0.1, -0.05) is 42.0 Å². The van der Waals surface area contributed by atoms with E-state index in [0.717, 1.165) is 5.56 Å². The summed E-state index contributed by atoms with van der Waals surface area (Å²) in [6.45, 7) is 1.79. The molecule has 2 amide bonds. The van der Waals surface area contributed by atoms with Gasteiger partial charge in [-0.05, 0) is 48.9 Å². The van der Waals surface area contributed by atoms with E-state index in [-0.39, 0.29) is 18.4 Å². The number of aryl methyl sites for hydroxylation is 1. The first-order valence-corrected chi connectivity index (χ1v) is 9.61.